The fraction of sp³-hybridized carbons (Fsp3) is 0.583. The molecule has 1 fully saturated rings. The molecule has 3 N–H and O–H groups in total. The number of hydrogen-bond acceptors (Lipinski definition) is 6. The van der Waals surface area contributed by atoms with Crippen molar-refractivity contribution in [3.05, 3.63) is 12.0 Å². The molecule has 2 atom stereocenters. The van der Waals surface area contributed by atoms with Crippen LogP contribution in [-0.4, -0.2) is 26.9 Å². The second-order valence-electron chi connectivity index (χ2n) is 4.85. The minimum atomic E-state index is 0.437. The van der Waals surface area contributed by atoms with E-state index in [1.165, 1.54) is 30.8 Å². The molecule has 0 saturated heterocycles. The van der Waals surface area contributed by atoms with Crippen LogP contribution in [0.25, 0.3) is 10.2 Å². The summed E-state index contributed by atoms with van der Waals surface area (Å²) in [6.07, 6.45) is 5.23. The summed E-state index contributed by atoms with van der Waals surface area (Å²) in [7, 11) is 0. The Bertz CT molecular complexity index is 552. The molecule has 0 spiro atoms. The highest BCUT2D eigenvalue weighted by Crippen LogP contribution is 2.31. The van der Waals surface area contributed by atoms with Crippen LogP contribution in [0, 0.1) is 12.8 Å². The summed E-state index contributed by atoms with van der Waals surface area (Å²) in [5.41, 5.74) is 6.82. The van der Waals surface area contributed by atoms with Crippen LogP contribution in [0.3, 0.4) is 0 Å². The third-order valence-electron chi connectivity index (χ3n) is 3.73. The van der Waals surface area contributed by atoms with Crippen molar-refractivity contribution in [2.75, 3.05) is 11.9 Å². The van der Waals surface area contributed by atoms with Crippen molar-refractivity contribution in [2.45, 2.75) is 32.2 Å². The van der Waals surface area contributed by atoms with Crippen LogP contribution >= 0.6 is 11.5 Å². The van der Waals surface area contributed by atoms with Crippen LogP contribution in [0.2, 0.25) is 0 Å². The van der Waals surface area contributed by atoms with Crippen LogP contribution in [0.4, 0.5) is 5.82 Å². The van der Waals surface area contributed by atoms with Crippen LogP contribution in [-0.2, 0) is 0 Å². The molecular formula is C12H17N5S. The lowest BCUT2D eigenvalue weighted by Gasteiger charge is -2.20. The topological polar surface area (TPSA) is 76.7 Å². The lowest BCUT2D eigenvalue weighted by molar-refractivity contribution is 0.516. The van der Waals surface area contributed by atoms with Gasteiger partial charge < -0.3 is 11.1 Å². The average molecular weight is 263 g/mol. The minimum absolute atomic E-state index is 0.437. The van der Waals surface area contributed by atoms with Gasteiger partial charge >= 0.3 is 0 Å². The molecule has 1 aliphatic rings. The summed E-state index contributed by atoms with van der Waals surface area (Å²) < 4.78 is 4.34. The second kappa shape index (κ2) is 4.78. The molecule has 2 aromatic heterocycles. The van der Waals surface area contributed by atoms with Crippen molar-refractivity contribution in [3.63, 3.8) is 0 Å². The fourth-order valence-corrected chi connectivity index (χ4v) is 3.46. The van der Waals surface area contributed by atoms with Crippen LogP contribution in [0.5, 0.6) is 0 Å². The van der Waals surface area contributed by atoms with Gasteiger partial charge in [0.25, 0.3) is 0 Å². The van der Waals surface area contributed by atoms with Gasteiger partial charge in [-0.3, -0.25) is 0 Å². The Kier molecular flexibility index (Phi) is 3.13. The Labute approximate surface area is 110 Å². The van der Waals surface area contributed by atoms with Crippen molar-refractivity contribution >= 4 is 27.6 Å². The smallest absolute Gasteiger partial charge is 0.149 e. The van der Waals surface area contributed by atoms with E-state index >= 15 is 0 Å². The quantitative estimate of drug-likeness (QED) is 0.885. The Morgan fingerprint density at radius 1 is 1.44 bits per heavy atom. The summed E-state index contributed by atoms with van der Waals surface area (Å²) in [5.74, 6) is 1.47. The molecule has 2 unspecified atom stereocenters. The SMILES string of the molecule is Cc1nsc2ncnc(NC3CCCC3CN)c12. The number of anilines is 1. The van der Waals surface area contributed by atoms with E-state index in [1.54, 1.807) is 6.33 Å². The van der Waals surface area contributed by atoms with Crippen LogP contribution < -0.4 is 11.1 Å². The fourth-order valence-electron chi connectivity index (χ4n) is 2.72. The normalized spacial score (nSPS) is 23.7. The van der Waals surface area contributed by atoms with E-state index in [0.717, 1.165) is 28.3 Å². The molecule has 3 rings (SSSR count). The van der Waals surface area contributed by atoms with Gasteiger partial charge in [-0.1, -0.05) is 6.42 Å². The van der Waals surface area contributed by atoms with Gasteiger partial charge in [0.15, 0.2) is 0 Å². The maximum Gasteiger partial charge on any atom is 0.149 e. The first-order chi connectivity index (χ1) is 8.79. The van der Waals surface area contributed by atoms with Crippen LogP contribution in [0.15, 0.2) is 6.33 Å². The van der Waals surface area contributed by atoms with E-state index in [-0.39, 0.29) is 0 Å². The first-order valence-electron chi connectivity index (χ1n) is 6.33. The highest BCUT2D eigenvalue weighted by Gasteiger charge is 2.27. The number of nitrogens with zero attached hydrogens (tertiary/aromatic N) is 3. The lowest BCUT2D eigenvalue weighted by Crippen LogP contribution is -2.29. The summed E-state index contributed by atoms with van der Waals surface area (Å²) in [4.78, 5) is 9.58. The third-order valence-corrected chi connectivity index (χ3v) is 4.57. The number of aryl methyl sites for hydroxylation is 1. The van der Waals surface area contributed by atoms with Crippen molar-refractivity contribution in [1.29, 1.82) is 0 Å². The number of nitrogens with two attached hydrogens (primary N) is 1. The monoisotopic (exact) mass is 263 g/mol. The van der Waals surface area contributed by atoms with Crippen molar-refractivity contribution < 1.29 is 0 Å². The van der Waals surface area contributed by atoms with Gasteiger partial charge in [0, 0.05) is 6.04 Å². The molecule has 18 heavy (non-hydrogen) atoms. The molecule has 0 bridgehead atoms. The Balaban J connectivity index is 1.92. The predicted octanol–water partition coefficient (Wildman–Crippen LogP) is 1.93. The third kappa shape index (κ3) is 1.95. The second-order valence-corrected chi connectivity index (χ2v) is 5.60. The zero-order valence-electron chi connectivity index (χ0n) is 10.4. The number of aromatic nitrogens is 3. The molecule has 2 aromatic rings. The molecule has 96 valence electrons. The number of rotatable bonds is 3. The van der Waals surface area contributed by atoms with E-state index in [9.17, 15) is 0 Å². The molecule has 6 heteroatoms. The molecule has 0 aliphatic heterocycles. The van der Waals surface area contributed by atoms with Gasteiger partial charge in [-0.15, -0.1) is 0 Å². The number of nitrogens with one attached hydrogen (secondary N) is 1. The Morgan fingerprint density at radius 2 is 2.33 bits per heavy atom. The maximum absolute atomic E-state index is 5.82. The largest absolute Gasteiger partial charge is 0.366 e. The van der Waals surface area contributed by atoms with Gasteiger partial charge in [-0.05, 0) is 43.8 Å². The number of hydrogen-bond donors (Lipinski definition) is 2. The minimum Gasteiger partial charge on any atom is -0.366 e. The molecular weight excluding hydrogens is 246 g/mol. The molecule has 0 aromatic carbocycles. The Hall–Kier alpha value is -1.27. The van der Waals surface area contributed by atoms with Crippen LogP contribution in [0.1, 0.15) is 25.0 Å². The summed E-state index contributed by atoms with van der Waals surface area (Å²) in [5, 5.41) is 4.61. The predicted molar refractivity (Wildman–Crippen MR) is 73.8 cm³/mol. The van der Waals surface area contributed by atoms with E-state index < -0.39 is 0 Å². The van der Waals surface area contributed by atoms with Gasteiger partial charge in [-0.25, -0.2) is 9.97 Å². The van der Waals surface area contributed by atoms with Crippen molar-refractivity contribution in [2.24, 2.45) is 11.7 Å². The summed E-state index contributed by atoms with van der Waals surface area (Å²) >= 11 is 1.43. The van der Waals surface area contributed by atoms with E-state index in [1.807, 2.05) is 6.92 Å². The van der Waals surface area contributed by atoms with E-state index in [4.69, 9.17) is 5.73 Å². The Morgan fingerprint density at radius 3 is 3.17 bits per heavy atom. The molecule has 1 saturated carbocycles. The molecule has 2 heterocycles. The van der Waals surface area contributed by atoms with Crippen molar-refractivity contribution in [3.8, 4) is 0 Å². The molecule has 0 amide bonds. The summed E-state index contributed by atoms with van der Waals surface area (Å²) in [6.45, 7) is 2.75. The van der Waals surface area contributed by atoms with E-state index in [2.05, 4.69) is 19.7 Å². The highest BCUT2D eigenvalue weighted by molar-refractivity contribution is 7.13. The average Bonchev–Trinajstić information content (AvgIpc) is 2.97. The number of fused-ring (bicyclic) bond motifs is 1. The standard InChI is InChI=1S/C12H17N5S/c1-7-10-11(14-6-15-12(10)18-17-7)16-9-4-2-3-8(9)5-13/h6,8-9H,2-5,13H2,1H3,(H,14,15,16). The summed E-state index contributed by atoms with van der Waals surface area (Å²) in [6, 6.07) is 0.437. The molecule has 0 radical (unpaired) electrons. The zero-order valence-corrected chi connectivity index (χ0v) is 11.2. The van der Waals surface area contributed by atoms with Gasteiger partial charge in [0.05, 0.1) is 11.1 Å². The van der Waals surface area contributed by atoms with E-state index in [0.29, 0.717) is 12.0 Å². The van der Waals surface area contributed by atoms with Gasteiger partial charge in [0.2, 0.25) is 0 Å². The zero-order chi connectivity index (χ0) is 12.5. The highest BCUT2D eigenvalue weighted by atomic mass is 32.1. The lowest BCUT2D eigenvalue weighted by atomic mass is 10.0. The molecule has 5 nitrogen and oxygen atoms in total. The first kappa shape index (κ1) is 11.8. The van der Waals surface area contributed by atoms with Gasteiger partial charge in [0.1, 0.15) is 17.0 Å². The van der Waals surface area contributed by atoms with Crippen molar-refractivity contribution in [1.82, 2.24) is 14.3 Å². The maximum atomic E-state index is 5.82. The molecule has 1 aliphatic carbocycles. The van der Waals surface area contributed by atoms with Gasteiger partial charge in [-0.2, -0.15) is 4.37 Å². The first-order valence-corrected chi connectivity index (χ1v) is 7.10.